The Morgan fingerprint density at radius 1 is 1.00 bits per heavy atom. The number of carbonyl (C=O) groups is 2. The SMILES string of the molecule is COCCCN1CCOc2ccc(CO[C@H]3CNC[C@@H](CNC(=O)COC(=O)OCCCO[N+](=O)[O-])[C@@H]3c3ccc(COCC(C)COC)cc3)cc21. The van der Waals surface area contributed by atoms with Gasteiger partial charge in [0.15, 0.2) is 6.61 Å². The van der Waals surface area contributed by atoms with Crippen molar-refractivity contribution in [2.24, 2.45) is 11.8 Å². The van der Waals surface area contributed by atoms with Crippen LogP contribution in [0.3, 0.4) is 0 Å². The lowest BCUT2D eigenvalue weighted by Crippen LogP contribution is -2.50. The van der Waals surface area contributed by atoms with Crippen LogP contribution in [0.2, 0.25) is 0 Å². The number of nitrogens with zero attached hydrogens (tertiary/aromatic N) is 2. The van der Waals surface area contributed by atoms with E-state index in [0.717, 1.165) is 47.6 Å². The number of benzene rings is 2. The van der Waals surface area contributed by atoms with Gasteiger partial charge in [-0.15, -0.1) is 10.1 Å². The molecule has 16 heteroatoms. The van der Waals surface area contributed by atoms with E-state index in [-0.39, 0.29) is 37.6 Å². The van der Waals surface area contributed by atoms with Crippen LogP contribution in [-0.2, 0) is 51.3 Å². The predicted octanol–water partition coefficient (Wildman–Crippen LogP) is 3.48. The highest BCUT2D eigenvalue weighted by Gasteiger charge is 2.35. The summed E-state index contributed by atoms with van der Waals surface area (Å²) in [4.78, 5) is 41.3. The minimum absolute atomic E-state index is 0.0450. The molecule has 1 fully saturated rings. The Labute approximate surface area is 310 Å². The van der Waals surface area contributed by atoms with Crippen LogP contribution in [0.15, 0.2) is 42.5 Å². The van der Waals surface area contributed by atoms with E-state index in [2.05, 4.69) is 57.6 Å². The summed E-state index contributed by atoms with van der Waals surface area (Å²) in [5.74, 6) is 0.565. The molecular weight excluding hydrogens is 692 g/mol. The minimum Gasteiger partial charge on any atom is -0.490 e. The largest absolute Gasteiger partial charge is 0.508 e. The van der Waals surface area contributed by atoms with E-state index >= 15 is 0 Å². The van der Waals surface area contributed by atoms with Crippen molar-refractivity contribution in [3.63, 3.8) is 0 Å². The molecular formula is C37H54N4O12. The van der Waals surface area contributed by atoms with Crippen LogP contribution in [0.1, 0.15) is 42.4 Å². The molecule has 0 aromatic heterocycles. The highest BCUT2D eigenvalue weighted by molar-refractivity contribution is 5.79. The summed E-state index contributed by atoms with van der Waals surface area (Å²) in [6.45, 7) is 7.88. The van der Waals surface area contributed by atoms with Crippen molar-refractivity contribution in [3.8, 4) is 5.75 Å². The molecule has 0 saturated carbocycles. The van der Waals surface area contributed by atoms with Gasteiger partial charge in [0.05, 0.1) is 58.0 Å². The zero-order valence-corrected chi connectivity index (χ0v) is 31.0. The van der Waals surface area contributed by atoms with E-state index in [1.165, 1.54) is 0 Å². The molecule has 2 aliphatic heterocycles. The summed E-state index contributed by atoms with van der Waals surface area (Å²) in [6, 6.07) is 14.5. The maximum atomic E-state index is 12.7. The van der Waals surface area contributed by atoms with Gasteiger partial charge in [-0.05, 0) is 41.2 Å². The lowest BCUT2D eigenvalue weighted by atomic mass is 9.79. The number of piperidine rings is 1. The molecule has 2 heterocycles. The topological polar surface area (TPSA) is 178 Å². The van der Waals surface area contributed by atoms with Gasteiger partial charge in [-0.2, -0.15) is 0 Å². The quantitative estimate of drug-likeness (QED) is 0.0731. The molecule has 0 bridgehead atoms. The van der Waals surface area contributed by atoms with E-state index in [4.69, 9.17) is 33.2 Å². The number of ether oxygens (including phenoxy) is 7. The summed E-state index contributed by atoms with van der Waals surface area (Å²) in [5.41, 5.74) is 4.22. The van der Waals surface area contributed by atoms with Gasteiger partial charge in [0.1, 0.15) is 12.4 Å². The molecule has 2 aromatic rings. The van der Waals surface area contributed by atoms with Gasteiger partial charge >= 0.3 is 6.16 Å². The molecule has 2 aromatic carbocycles. The Morgan fingerprint density at radius 2 is 1.81 bits per heavy atom. The van der Waals surface area contributed by atoms with E-state index in [1.54, 1.807) is 14.2 Å². The van der Waals surface area contributed by atoms with Crippen molar-refractivity contribution in [3.05, 3.63) is 69.3 Å². The number of hydrogen-bond donors (Lipinski definition) is 2. The van der Waals surface area contributed by atoms with Crippen molar-refractivity contribution in [2.45, 2.75) is 45.0 Å². The van der Waals surface area contributed by atoms with Crippen LogP contribution in [-0.4, -0.2) is 116 Å². The lowest BCUT2D eigenvalue weighted by molar-refractivity contribution is -0.757. The normalized spacial score (nSPS) is 18.7. The zero-order valence-electron chi connectivity index (χ0n) is 31.0. The number of methoxy groups -OCH3 is 2. The van der Waals surface area contributed by atoms with Gasteiger partial charge in [-0.1, -0.05) is 37.3 Å². The van der Waals surface area contributed by atoms with Crippen LogP contribution in [0.25, 0.3) is 0 Å². The fourth-order valence-electron chi connectivity index (χ4n) is 6.42. The maximum absolute atomic E-state index is 12.7. The lowest BCUT2D eigenvalue weighted by Gasteiger charge is -2.39. The number of amides is 1. The van der Waals surface area contributed by atoms with Crippen molar-refractivity contribution in [2.75, 3.05) is 98.1 Å². The molecule has 4 rings (SSSR count). The molecule has 2 N–H and O–H groups in total. The molecule has 294 valence electrons. The van der Waals surface area contributed by atoms with Crippen LogP contribution in [0.5, 0.6) is 5.75 Å². The Morgan fingerprint density at radius 3 is 2.58 bits per heavy atom. The first-order chi connectivity index (χ1) is 25.8. The molecule has 0 spiro atoms. The van der Waals surface area contributed by atoms with Gasteiger partial charge in [0, 0.05) is 65.3 Å². The third-order valence-electron chi connectivity index (χ3n) is 8.96. The monoisotopic (exact) mass is 746 g/mol. The van der Waals surface area contributed by atoms with Crippen LogP contribution < -0.4 is 20.3 Å². The van der Waals surface area contributed by atoms with Gasteiger partial charge in [0.25, 0.3) is 11.0 Å². The molecule has 0 aliphatic carbocycles. The molecule has 4 atom stereocenters. The van der Waals surface area contributed by atoms with E-state index < -0.39 is 23.8 Å². The number of hydrogen-bond acceptors (Lipinski definition) is 14. The van der Waals surface area contributed by atoms with Gasteiger partial charge in [-0.3, -0.25) is 4.79 Å². The highest BCUT2D eigenvalue weighted by Crippen LogP contribution is 2.35. The van der Waals surface area contributed by atoms with Crippen LogP contribution in [0.4, 0.5) is 10.5 Å². The van der Waals surface area contributed by atoms with Crippen molar-refractivity contribution < 1.29 is 52.7 Å². The average Bonchev–Trinajstić information content (AvgIpc) is 3.15. The summed E-state index contributed by atoms with van der Waals surface area (Å²) in [5, 5.41) is 15.7. The summed E-state index contributed by atoms with van der Waals surface area (Å²) in [7, 11) is 3.40. The number of nitrogens with one attached hydrogen (secondary N) is 2. The van der Waals surface area contributed by atoms with Gasteiger partial charge in [-0.25, -0.2) is 4.79 Å². The first kappa shape index (κ1) is 41.5. The number of rotatable bonds is 23. The first-order valence-electron chi connectivity index (χ1n) is 18.1. The Hall–Kier alpha value is -4.22. The van der Waals surface area contributed by atoms with E-state index in [0.29, 0.717) is 65.2 Å². The third-order valence-corrected chi connectivity index (χ3v) is 8.96. The van der Waals surface area contributed by atoms with Crippen LogP contribution >= 0.6 is 0 Å². The molecule has 1 amide bonds. The molecule has 1 unspecified atom stereocenters. The Bertz CT molecular complexity index is 1410. The number of carbonyl (C=O) groups excluding carboxylic acids is 2. The van der Waals surface area contributed by atoms with E-state index in [9.17, 15) is 19.7 Å². The van der Waals surface area contributed by atoms with Crippen molar-refractivity contribution in [1.29, 1.82) is 0 Å². The Kier molecular flexibility index (Phi) is 17.8. The number of anilines is 1. The van der Waals surface area contributed by atoms with Crippen molar-refractivity contribution >= 4 is 17.7 Å². The third kappa shape index (κ3) is 14.3. The van der Waals surface area contributed by atoms with E-state index in [1.807, 2.05) is 12.1 Å². The zero-order chi connectivity index (χ0) is 37.8. The van der Waals surface area contributed by atoms with Gasteiger partial charge in [0.2, 0.25) is 0 Å². The second-order valence-electron chi connectivity index (χ2n) is 13.2. The van der Waals surface area contributed by atoms with Gasteiger partial charge < -0.3 is 53.5 Å². The first-order valence-corrected chi connectivity index (χ1v) is 18.1. The molecule has 2 aliphatic rings. The second-order valence-corrected chi connectivity index (χ2v) is 13.2. The summed E-state index contributed by atoms with van der Waals surface area (Å²) >= 11 is 0. The fraction of sp³-hybridized carbons (Fsp3) is 0.622. The summed E-state index contributed by atoms with van der Waals surface area (Å²) in [6.07, 6.45) is -0.228. The second kappa shape index (κ2) is 22.8. The summed E-state index contributed by atoms with van der Waals surface area (Å²) < 4.78 is 38.7. The average molecular weight is 747 g/mol. The maximum Gasteiger partial charge on any atom is 0.508 e. The highest BCUT2D eigenvalue weighted by atomic mass is 16.9. The molecule has 53 heavy (non-hydrogen) atoms. The molecule has 1 saturated heterocycles. The number of fused-ring (bicyclic) bond motifs is 1. The minimum atomic E-state index is -1.05. The smallest absolute Gasteiger partial charge is 0.490 e. The fourth-order valence-corrected chi connectivity index (χ4v) is 6.42. The molecule has 16 nitrogen and oxygen atoms in total. The van der Waals surface area contributed by atoms with Crippen molar-refractivity contribution in [1.82, 2.24) is 10.6 Å². The van der Waals surface area contributed by atoms with Crippen LogP contribution in [0, 0.1) is 22.0 Å². The standard InChI is InChI=1S/C37H54N4O12/c1-27(22-47-3)23-48-24-28-6-9-30(10-7-28)36-31(20-39-35(42)26-52-37(43)50-15-5-16-53-41(44)45)19-38-21-34(36)51-25-29-8-11-33-32(18-29)40(13-17-49-33)12-4-14-46-2/h6-11,18,27,31,34,36,38H,4-5,12-17,19-26H2,1-3H3,(H,39,42)/t27?,31-,34-,36-/m0/s1. The molecule has 0 radical (unpaired) electrons. The Balaban J connectivity index is 1.39. The predicted molar refractivity (Wildman–Crippen MR) is 193 cm³/mol.